The predicted octanol–water partition coefficient (Wildman–Crippen LogP) is 3.31. The zero-order chi connectivity index (χ0) is 14.1. The first kappa shape index (κ1) is 12.8. The Bertz CT molecular complexity index is 747. The van der Waals surface area contributed by atoms with Crippen LogP contribution in [0.15, 0.2) is 29.0 Å². The zero-order valence-electron chi connectivity index (χ0n) is 11.3. The number of nitrogen functional groups attached to an aromatic ring is 1. The molecule has 0 amide bonds. The number of aryl methyl sites for hydroxylation is 2. The molecule has 0 radical (unpaired) electrons. The summed E-state index contributed by atoms with van der Waals surface area (Å²) < 4.78 is 5.34. The molecule has 6 heteroatoms. The first-order valence-corrected chi connectivity index (χ1v) is 7.14. The summed E-state index contributed by atoms with van der Waals surface area (Å²) in [5, 5.41) is 4.73. The molecule has 102 valence electrons. The smallest absolute Gasteiger partial charge is 0.261 e. The van der Waals surface area contributed by atoms with E-state index in [2.05, 4.69) is 22.0 Å². The normalized spacial score (nSPS) is 10.9. The standard InChI is InChI=1S/C14H14N4OS/c1-3-9-6-10(12(15)20-9)14-17-13(18-19-14)11-7-16-5-4-8(11)2/h4-7H,3,15H2,1-2H3. The van der Waals surface area contributed by atoms with Crippen LogP contribution in [0.3, 0.4) is 0 Å². The van der Waals surface area contributed by atoms with E-state index >= 15 is 0 Å². The number of anilines is 1. The predicted molar refractivity (Wildman–Crippen MR) is 79.4 cm³/mol. The van der Waals surface area contributed by atoms with Gasteiger partial charge in [0, 0.05) is 22.8 Å². The van der Waals surface area contributed by atoms with Crippen molar-refractivity contribution in [2.45, 2.75) is 20.3 Å². The summed E-state index contributed by atoms with van der Waals surface area (Å²) in [6.07, 6.45) is 4.42. The van der Waals surface area contributed by atoms with Crippen LogP contribution >= 0.6 is 11.3 Å². The lowest BCUT2D eigenvalue weighted by Gasteiger charge is -1.97. The second kappa shape index (κ2) is 5.05. The average Bonchev–Trinajstić information content (AvgIpc) is 3.05. The highest BCUT2D eigenvalue weighted by Gasteiger charge is 2.16. The van der Waals surface area contributed by atoms with Crippen LogP contribution in [0, 0.1) is 6.92 Å². The minimum absolute atomic E-state index is 0.455. The van der Waals surface area contributed by atoms with Gasteiger partial charge >= 0.3 is 0 Å². The van der Waals surface area contributed by atoms with Crippen LogP contribution in [0.2, 0.25) is 0 Å². The lowest BCUT2D eigenvalue weighted by atomic mass is 10.1. The lowest BCUT2D eigenvalue weighted by molar-refractivity contribution is 0.432. The van der Waals surface area contributed by atoms with Crippen LogP contribution in [0.1, 0.15) is 17.4 Å². The molecule has 0 atom stereocenters. The minimum atomic E-state index is 0.455. The number of rotatable bonds is 3. The monoisotopic (exact) mass is 286 g/mol. The van der Waals surface area contributed by atoms with Gasteiger partial charge in [-0.2, -0.15) is 4.98 Å². The van der Waals surface area contributed by atoms with Crippen molar-refractivity contribution >= 4 is 16.3 Å². The highest BCUT2D eigenvalue weighted by Crippen LogP contribution is 2.34. The lowest BCUT2D eigenvalue weighted by Crippen LogP contribution is -1.87. The van der Waals surface area contributed by atoms with Crippen LogP contribution in [0.4, 0.5) is 5.00 Å². The molecule has 0 saturated carbocycles. The van der Waals surface area contributed by atoms with Crippen molar-refractivity contribution in [2.24, 2.45) is 0 Å². The molecule has 0 unspecified atom stereocenters. The van der Waals surface area contributed by atoms with E-state index < -0.39 is 0 Å². The number of nitrogens with two attached hydrogens (primary N) is 1. The van der Waals surface area contributed by atoms with Gasteiger partial charge in [0.1, 0.15) is 0 Å². The maximum absolute atomic E-state index is 6.01. The molecule has 3 aromatic rings. The number of hydrogen-bond donors (Lipinski definition) is 1. The van der Waals surface area contributed by atoms with Crippen molar-refractivity contribution in [3.8, 4) is 22.8 Å². The van der Waals surface area contributed by atoms with E-state index in [1.165, 1.54) is 4.88 Å². The van der Waals surface area contributed by atoms with E-state index in [0.717, 1.165) is 23.1 Å². The van der Waals surface area contributed by atoms with Crippen LogP contribution in [-0.2, 0) is 6.42 Å². The fourth-order valence-electron chi connectivity index (χ4n) is 1.94. The maximum atomic E-state index is 6.01. The molecule has 5 nitrogen and oxygen atoms in total. The molecule has 0 spiro atoms. The molecule has 0 aliphatic carbocycles. The molecule has 0 aliphatic heterocycles. The van der Waals surface area contributed by atoms with Crippen molar-refractivity contribution in [3.05, 3.63) is 35.0 Å². The summed E-state index contributed by atoms with van der Waals surface area (Å²) in [7, 11) is 0. The molecule has 20 heavy (non-hydrogen) atoms. The average molecular weight is 286 g/mol. The third-order valence-corrected chi connectivity index (χ3v) is 4.21. The van der Waals surface area contributed by atoms with Crippen molar-refractivity contribution in [2.75, 3.05) is 5.73 Å². The van der Waals surface area contributed by atoms with Crippen LogP contribution in [-0.4, -0.2) is 15.1 Å². The molecule has 3 rings (SSSR count). The van der Waals surface area contributed by atoms with Gasteiger partial charge in [0.2, 0.25) is 5.82 Å². The number of aromatic nitrogens is 3. The third-order valence-electron chi connectivity index (χ3n) is 3.10. The fraction of sp³-hybridized carbons (Fsp3) is 0.214. The van der Waals surface area contributed by atoms with E-state index in [1.54, 1.807) is 23.7 Å². The molecule has 3 aromatic heterocycles. The van der Waals surface area contributed by atoms with Crippen molar-refractivity contribution < 1.29 is 4.52 Å². The van der Waals surface area contributed by atoms with E-state index in [9.17, 15) is 0 Å². The number of pyridine rings is 1. The largest absolute Gasteiger partial charge is 0.390 e. The topological polar surface area (TPSA) is 77.8 Å². The van der Waals surface area contributed by atoms with Crippen LogP contribution in [0.25, 0.3) is 22.8 Å². The van der Waals surface area contributed by atoms with Crippen molar-refractivity contribution in [1.29, 1.82) is 0 Å². The van der Waals surface area contributed by atoms with E-state index in [0.29, 0.717) is 16.7 Å². The molecular weight excluding hydrogens is 272 g/mol. The van der Waals surface area contributed by atoms with Gasteiger partial charge in [0.25, 0.3) is 5.89 Å². The third kappa shape index (κ3) is 2.18. The summed E-state index contributed by atoms with van der Waals surface area (Å²) in [6.45, 7) is 4.08. The molecule has 0 saturated heterocycles. The highest BCUT2D eigenvalue weighted by atomic mass is 32.1. The molecule has 0 aromatic carbocycles. The molecular formula is C14H14N4OS. The number of hydrogen-bond acceptors (Lipinski definition) is 6. The summed E-state index contributed by atoms with van der Waals surface area (Å²) in [5.74, 6) is 0.992. The Balaban J connectivity index is 2.02. The molecule has 0 fully saturated rings. The molecule has 3 heterocycles. The van der Waals surface area contributed by atoms with Gasteiger partial charge in [-0.25, -0.2) is 0 Å². The zero-order valence-corrected chi connectivity index (χ0v) is 12.1. The van der Waals surface area contributed by atoms with Gasteiger partial charge in [0.05, 0.1) is 10.6 Å². The Morgan fingerprint density at radius 3 is 2.90 bits per heavy atom. The first-order valence-electron chi connectivity index (χ1n) is 6.32. The van der Waals surface area contributed by atoms with Crippen LogP contribution in [0.5, 0.6) is 0 Å². The summed E-state index contributed by atoms with van der Waals surface area (Å²) in [6, 6.07) is 3.92. The van der Waals surface area contributed by atoms with Gasteiger partial charge in [-0.05, 0) is 31.0 Å². The van der Waals surface area contributed by atoms with Crippen LogP contribution < -0.4 is 5.73 Å². The second-order valence-electron chi connectivity index (χ2n) is 4.46. The molecule has 2 N–H and O–H groups in total. The minimum Gasteiger partial charge on any atom is -0.390 e. The van der Waals surface area contributed by atoms with E-state index in [1.807, 2.05) is 19.1 Å². The Morgan fingerprint density at radius 1 is 1.35 bits per heavy atom. The Morgan fingerprint density at radius 2 is 2.20 bits per heavy atom. The highest BCUT2D eigenvalue weighted by molar-refractivity contribution is 7.16. The first-order chi connectivity index (χ1) is 9.69. The van der Waals surface area contributed by atoms with Gasteiger partial charge in [-0.15, -0.1) is 11.3 Å². The summed E-state index contributed by atoms with van der Waals surface area (Å²) >= 11 is 1.56. The van der Waals surface area contributed by atoms with E-state index in [4.69, 9.17) is 10.3 Å². The van der Waals surface area contributed by atoms with E-state index in [-0.39, 0.29) is 0 Å². The number of thiophene rings is 1. The quantitative estimate of drug-likeness (QED) is 0.799. The second-order valence-corrected chi connectivity index (χ2v) is 5.63. The van der Waals surface area contributed by atoms with Gasteiger partial charge < -0.3 is 10.3 Å². The van der Waals surface area contributed by atoms with Gasteiger partial charge in [0.15, 0.2) is 0 Å². The Hall–Kier alpha value is -2.21. The van der Waals surface area contributed by atoms with Gasteiger partial charge in [-0.1, -0.05) is 12.1 Å². The maximum Gasteiger partial charge on any atom is 0.261 e. The Kier molecular flexibility index (Phi) is 3.23. The fourth-order valence-corrected chi connectivity index (χ4v) is 2.80. The van der Waals surface area contributed by atoms with Crippen molar-refractivity contribution in [1.82, 2.24) is 15.1 Å². The van der Waals surface area contributed by atoms with Crippen molar-refractivity contribution in [3.63, 3.8) is 0 Å². The van der Waals surface area contributed by atoms with Gasteiger partial charge in [-0.3, -0.25) is 4.98 Å². The SMILES string of the molecule is CCc1cc(-c2nc(-c3cnccc3C)no2)c(N)s1. The number of nitrogens with zero attached hydrogens (tertiary/aromatic N) is 3. The summed E-state index contributed by atoms with van der Waals surface area (Å²) in [4.78, 5) is 9.73. The summed E-state index contributed by atoms with van der Waals surface area (Å²) in [5.41, 5.74) is 8.74. The molecule has 0 aliphatic rings. The molecule has 0 bridgehead atoms. The Labute approximate surface area is 120 Å².